The Kier molecular flexibility index (Phi) is 3.65. The summed E-state index contributed by atoms with van der Waals surface area (Å²) in [7, 11) is 0.952. The van der Waals surface area contributed by atoms with Gasteiger partial charge in [-0.25, -0.2) is 0 Å². The number of hydrogen-bond donors (Lipinski definition) is 1. The molecule has 1 saturated heterocycles. The number of carboxylic acids is 1. The Morgan fingerprint density at radius 2 is 2.06 bits per heavy atom. The summed E-state index contributed by atoms with van der Waals surface area (Å²) in [5, 5.41) is 8.70. The van der Waals surface area contributed by atoms with Gasteiger partial charge in [-0.05, 0) is 6.42 Å². The van der Waals surface area contributed by atoms with E-state index in [1.165, 1.54) is 0 Å². The maximum atomic E-state index is 12.3. The molecule has 5 nitrogen and oxygen atoms in total. The summed E-state index contributed by atoms with van der Waals surface area (Å²) in [6, 6.07) is 0. The Bertz CT molecular complexity index is 323. The molecule has 1 N–H and O–H groups in total. The van der Waals surface area contributed by atoms with E-state index >= 15 is 0 Å². The lowest BCUT2D eigenvalue weighted by atomic mass is 9.92. The number of rotatable bonds is 3. The third-order valence-corrected chi connectivity index (χ3v) is 2.82. The van der Waals surface area contributed by atoms with Crippen molar-refractivity contribution in [1.82, 2.24) is 4.90 Å². The van der Waals surface area contributed by atoms with Crippen LogP contribution in [0.5, 0.6) is 0 Å². The van der Waals surface area contributed by atoms with E-state index in [4.69, 9.17) is 9.84 Å². The van der Waals surface area contributed by atoms with Crippen molar-refractivity contribution in [2.24, 2.45) is 0 Å². The number of carbonyl (C=O) groups is 2. The fourth-order valence-corrected chi connectivity index (χ4v) is 1.81. The number of amides is 1. The van der Waals surface area contributed by atoms with Crippen LogP contribution in [0.1, 0.15) is 12.8 Å². The smallest absolute Gasteiger partial charge is 0.471 e. The lowest BCUT2D eigenvalue weighted by molar-refractivity contribution is -0.190. The zero-order valence-electron chi connectivity index (χ0n) is 9.08. The Morgan fingerprint density at radius 1 is 1.47 bits per heavy atom. The van der Waals surface area contributed by atoms with Crippen molar-refractivity contribution in [3.05, 3.63) is 0 Å². The average Bonchev–Trinajstić information content (AvgIpc) is 2.62. The molecule has 0 saturated carbocycles. The summed E-state index contributed by atoms with van der Waals surface area (Å²) < 4.78 is 41.8. The maximum absolute atomic E-state index is 12.3. The molecule has 0 aromatic rings. The molecule has 0 aliphatic carbocycles. The summed E-state index contributed by atoms with van der Waals surface area (Å²) in [6.45, 7) is -0.0552. The minimum Gasteiger partial charge on any atom is -0.481 e. The van der Waals surface area contributed by atoms with Crippen LogP contribution in [0.2, 0.25) is 0 Å². The highest BCUT2D eigenvalue weighted by atomic mass is 19.4. The molecule has 1 rings (SSSR count). The molecule has 0 radical (unpaired) electrons. The van der Waals surface area contributed by atoms with Crippen LogP contribution >= 0.6 is 0 Å². The highest BCUT2D eigenvalue weighted by Gasteiger charge is 2.50. The number of carbonyl (C=O) groups excluding carboxylic acids is 1. The Balaban J connectivity index is 2.91. The van der Waals surface area contributed by atoms with E-state index in [1.807, 2.05) is 0 Å². The van der Waals surface area contributed by atoms with Gasteiger partial charge in [0.1, 0.15) is 0 Å². The van der Waals surface area contributed by atoms with Crippen molar-refractivity contribution in [1.29, 1.82) is 0 Å². The molecule has 0 aromatic heterocycles. The van der Waals surface area contributed by atoms with E-state index in [0.717, 1.165) is 7.05 Å². The Labute approximate surface area is 95.1 Å². The van der Waals surface area contributed by atoms with Gasteiger partial charge in [0.25, 0.3) is 0 Å². The lowest BCUT2D eigenvalue weighted by Crippen LogP contribution is -2.55. The molecule has 1 aliphatic heterocycles. The number of ether oxygens (including phenoxy) is 1. The monoisotopic (exact) mass is 255 g/mol. The van der Waals surface area contributed by atoms with Crippen LogP contribution in [0, 0.1) is 0 Å². The number of alkyl halides is 3. The van der Waals surface area contributed by atoms with Crippen molar-refractivity contribution < 1.29 is 32.6 Å². The van der Waals surface area contributed by atoms with Crippen molar-refractivity contribution >= 4 is 11.9 Å². The van der Waals surface area contributed by atoms with Crippen LogP contribution < -0.4 is 0 Å². The van der Waals surface area contributed by atoms with Crippen LogP contribution in [0.15, 0.2) is 0 Å². The van der Waals surface area contributed by atoms with Crippen molar-refractivity contribution in [3.63, 3.8) is 0 Å². The molecule has 1 aliphatic rings. The third-order valence-electron chi connectivity index (χ3n) is 2.82. The summed E-state index contributed by atoms with van der Waals surface area (Å²) >= 11 is 0. The highest BCUT2D eigenvalue weighted by molar-refractivity contribution is 5.83. The minimum atomic E-state index is -5.01. The predicted molar refractivity (Wildman–Crippen MR) is 49.2 cm³/mol. The van der Waals surface area contributed by atoms with Crippen molar-refractivity contribution in [3.8, 4) is 0 Å². The summed E-state index contributed by atoms with van der Waals surface area (Å²) in [6.07, 6.45) is -5.49. The fourth-order valence-electron chi connectivity index (χ4n) is 1.81. The first-order chi connectivity index (χ1) is 7.69. The average molecular weight is 255 g/mol. The molecule has 0 aromatic carbocycles. The van der Waals surface area contributed by atoms with Gasteiger partial charge in [0, 0.05) is 13.7 Å². The van der Waals surface area contributed by atoms with Crippen molar-refractivity contribution in [2.75, 3.05) is 20.3 Å². The predicted octanol–water partition coefficient (Wildman–Crippen LogP) is 0.641. The quantitative estimate of drug-likeness (QED) is 0.803. The second-order valence-corrected chi connectivity index (χ2v) is 3.96. The molecular weight excluding hydrogens is 243 g/mol. The van der Waals surface area contributed by atoms with Gasteiger partial charge in [-0.3, -0.25) is 9.59 Å². The molecule has 8 heteroatoms. The zero-order chi connectivity index (χ0) is 13.3. The van der Waals surface area contributed by atoms with E-state index in [0.29, 0.717) is 4.90 Å². The SMILES string of the molecule is CN(C(=O)C(F)(F)F)C1(CC(=O)O)CCOC1. The van der Waals surface area contributed by atoms with Gasteiger partial charge in [-0.2, -0.15) is 13.2 Å². The first kappa shape index (κ1) is 13.8. The first-order valence-corrected chi connectivity index (χ1v) is 4.83. The minimum absolute atomic E-state index is 0.0810. The molecule has 0 spiro atoms. The van der Waals surface area contributed by atoms with Crippen LogP contribution in [-0.4, -0.2) is 53.9 Å². The second-order valence-electron chi connectivity index (χ2n) is 3.96. The molecule has 1 fully saturated rings. The number of carboxylic acid groups (broad SMARTS) is 1. The molecule has 0 bridgehead atoms. The van der Waals surface area contributed by atoms with Gasteiger partial charge in [0.05, 0.1) is 18.6 Å². The van der Waals surface area contributed by atoms with Gasteiger partial charge in [0.2, 0.25) is 0 Å². The van der Waals surface area contributed by atoms with E-state index in [9.17, 15) is 22.8 Å². The number of nitrogens with zero attached hydrogens (tertiary/aromatic N) is 1. The Morgan fingerprint density at radius 3 is 2.41 bits per heavy atom. The van der Waals surface area contributed by atoms with Gasteiger partial charge < -0.3 is 14.7 Å². The molecule has 17 heavy (non-hydrogen) atoms. The summed E-state index contributed by atoms with van der Waals surface area (Å²) in [4.78, 5) is 22.2. The maximum Gasteiger partial charge on any atom is 0.471 e. The van der Waals surface area contributed by atoms with Crippen LogP contribution in [0.3, 0.4) is 0 Å². The van der Waals surface area contributed by atoms with Gasteiger partial charge in [0.15, 0.2) is 0 Å². The summed E-state index contributed by atoms with van der Waals surface area (Å²) in [5.41, 5.74) is -1.40. The zero-order valence-corrected chi connectivity index (χ0v) is 9.08. The lowest BCUT2D eigenvalue weighted by Gasteiger charge is -2.36. The van der Waals surface area contributed by atoms with Crippen LogP contribution in [-0.2, 0) is 14.3 Å². The number of aliphatic carboxylic acids is 1. The van der Waals surface area contributed by atoms with Crippen LogP contribution in [0.25, 0.3) is 0 Å². The second kappa shape index (κ2) is 4.52. The van der Waals surface area contributed by atoms with E-state index in [1.54, 1.807) is 0 Å². The standard InChI is InChI=1S/C9H12F3NO4/c1-13(7(16)9(10,11)12)8(4-6(14)15)2-3-17-5-8/h2-5H2,1H3,(H,14,15). The number of halogens is 3. The van der Waals surface area contributed by atoms with Gasteiger partial charge in [-0.1, -0.05) is 0 Å². The molecule has 1 unspecified atom stereocenters. The van der Waals surface area contributed by atoms with E-state index < -0.39 is 30.0 Å². The highest BCUT2D eigenvalue weighted by Crippen LogP contribution is 2.32. The first-order valence-electron chi connectivity index (χ1n) is 4.83. The van der Waals surface area contributed by atoms with E-state index in [-0.39, 0.29) is 19.6 Å². The fraction of sp³-hybridized carbons (Fsp3) is 0.778. The largest absolute Gasteiger partial charge is 0.481 e. The Hall–Kier alpha value is -1.31. The number of likely N-dealkylation sites (N-methyl/N-ethyl adjacent to an activating group) is 1. The van der Waals surface area contributed by atoms with Gasteiger partial charge in [-0.15, -0.1) is 0 Å². The molecule has 1 amide bonds. The molecule has 98 valence electrons. The van der Waals surface area contributed by atoms with E-state index in [2.05, 4.69) is 0 Å². The third kappa shape index (κ3) is 2.87. The normalized spacial score (nSPS) is 24.7. The molecule has 1 heterocycles. The molecular formula is C9H12F3NO4. The topological polar surface area (TPSA) is 66.8 Å². The summed E-state index contributed by atoms with van der Waals surface area (Å²) in [5.74, 6) is -3.32. The van der Waals surface area contributed by atoms with Crippen LogP contribution in [0.4, 0.5) is 13.2 Å². The molecule has 1 atom stereocenters. The van der Waals surface area contributed by atoms with Gasteiger partial charge >= 0.3 is 18.1 Å². The van der Waals surface area contributed by atoms with Crippen molar-refractivity contribution in [2.45, 2.75) is 24.6 Å². The number of hydrogen-bond acceptors (Lipinski definition) is 3.